The highest BCUT2D eigenvalue weighted by molar-refractivity contribution is 5.80. The van der Waals surface area contributed by atoms with Crippen LogP contribution in [-0.4, -0.2) is 150 Å². The number of aliphatic hydroxyl groups is 10. The lowest BCUT2D eigenvalue weighted by atomic mass is 9.84. The molecule has 0 aliphatic heterocycles. The highest BCUT2D eigenvalue weighted by atomic mass is 16.4. The van der Waals surface area contributed by atoms with Gasteiger partial charge in [0.15, 0.2) is 0 Å². The first kappa shape index (κ1) is 152. The first-order chi connectivity index (χ1) is 68.1. The number of allylic oxidation sites excluding steroid dienone is 3. The zero-order valence-electron chi connectivity index (χ0n) is 99.9. The SMILES string of the molecule is C=C(O)C(C(C)C)C(C)C.C=C(O)C(C(C)C)C(C)O.C=C(O)C(C)C(C)C.C=C(O)C(CCC(=O)O)C(C)C.C=C(O)C(CO)C(C)C.CC(C)C(Cc1ccccc1)C(=O)NC1CC1.CC(C)C(Cc1ccccc1)C(=O)O.CC(C)C(c1ccccc1)C(C)O.CC(C)CC(C(=O)NC1CC1)C(C)C.CC(C)CC(C(=O)O)C(C)C.CC(C)CC(C)O.CC(C)CCC(C)O.Cc1ccc(CC(C(=O)O)C(C)C)cc1. The van der Waals surface area contributed by atoms with Crippen molar-refractivity contribution in [2.45, 2.75) is 395 Å². The van der Waals surface area contributed by atoms with Gasteiger partial charge >= 0.3 is 23.9 Å². The molecule has 0 radical (unpaired) electrons. The second-order valence-corrected chi connectivity index (χ2v) is 46.7. The van der Waals surface area contributed by atoms with Crippen molar-refractivity contribution in [2.75, 3.05) is 6.61 Å². The number of nitrogens with one attached hydrogen (secondary N) is 2. The molecule has 6 rings (SSSR count). The monoisotopic (exact) mass is 2080 g/mol. The van der Waals surface area contributed by atoms with Gasteiger partial charge in [0.05, 0.1) is 77.6 Å². The van der Waals surface area contributed by atoms with Gasteiger partial charge in [-0.3, -0.25) is 28.8 Å². The Hall–Kier alpha value is -8.80. The minimum Gasteiger partial charge on any atom is -0.513 e. The van der Waals surface area contributed by atoms with E-state index in [-0.39, 0.29) is 161 Å². The number of carbonyl (C=O) groups is 6. The summed E-state index contributed by atoms with van der Waals surface area (Å²) in [6.07, 6.45) is 11.1. The fourth-order valence-electron chi connectivity index (χ4n) is 16.2. The molecular formula is C126H222N2O20. The minimum atomic E-state index is -0.832. The highest BCUT2D eigenvalue weighted by Gasteiger charge is 2.33. The molecule has 856 valence electrons. The van der Waals surface area contributed by atoms with Gasteiger partial charge in [-0.2, -0.15) is 0 Å². The Kier molecular flexibility index (Phi) is 88.1. The number of carboxylic acids is 4. The van der Waals surface area contributed by atoms with E-state index in [0.717, 1.165) is 68.4 Å². The van der Waals surface area contributed by atoms with Crippen LogP contribution in [0.2, 0.25) is 0 Å². The molecule has 14 atom stereocenters. The summed E-state index contributed by atoms with van der Waals surface area (Å²) < 4.78 is 0. The summed E-state index contributed by atoms with van der Waals surface area (Å²) >= 11 is 0. The van der Waals surface area contributed by atoms with Crippen LogP contribution in [0.25, 0.3) is 0 Å². The van der Waals surface area contributed by atoms with Crippen molar-refractivity contribution in [3.05, 3.63) is 205 Å². The van der Waals surface area contributed by atoms with E-state index in [4.69, 9.17) is 66.4 Å². The molecular weight excluding hydrogens is 1860 g/mol. The van der Waals surface area contributed by atoms with Crippen molar-refractivity contribution >= 4 is 35.7 Å². The van der Waals surface area contributed by atoms with Crippen LogP contribution in [0.4, 0.5) is 0 Å². The second kappa shape index (κ2) is 85.7. The molecule has 2 fully saturated rings. The van der Waals surface area contributed by atoms with Gasteiger partial charge in [-0.25, -0.2) is 0 Å². The van der Waals surface area contributed by atoms with Crippen LogP contribution in [0.3, 0.4) is 0 Å². The van der Waals surface area contributed by atoms with Crippen molar-refractivity contribution in [3.8, 4) is 0 Å². The molecule has 0 saturated heterocycles. The van der Waals surface area contributed by atoms with E-state index in [0.29, 0.717) is 96.1 Å². The van der Waals surface area contributed by atoms with Crippen LogP contribution in [0.15, 0.2) is 177 Å². The summed E-state index contributed by atoms with van der Waals surface area (Å²) in [6.45, 7) is 94.0. The van der Waals surface area contributed by atoms with E-state index in [1.165, 1.54) is 29.5 Å². The standard InChI is InChI=1S/C15H21NO.C13H18O2.C12H23NO.C12H16O2.C12H18O.C9H16O3.C9H18O2.C9H18O.C8H16O2.C7H14O2.C7H16O.C7H14O.C6H14O/c1-11(2)14(15(17)16-13-8-9-13)10-12-6-4-3-5-7-12;1-9(2)12(13(14)15)8-11-6-4-10(3)5-7-11;1-8(2)7-11(9(3)4)12(14)13-10-5-6-10;1-9(2)11(12(13)14)8-10-6-4-3-5-7-10;1-9(2)12(10(3)13)11-7-5-4-6-8-11;1-6(2)8(7(3)10)4-5-9(11)12;1-6(2)5-8(7(3)4)9(10)11;1-6(2)9(7(3)4)8(5)10;1-5(2)8(6(3)9)7(4)10;1-5(2)7(4-8)6(3)9;1-6(2)4-5-7(3)8;1-5(2)6(3)7(4)8;1-5(2)4-6(3)7/h3-7,11,13-14H,8-10H2,1-2H3,(H,16,17);4-7,9,12H,8H2,1-3H3,(H,14,15);8-11H,5-7H2,1-4H3,(H,13,14);3-7,9,11H,8H2,1-2H3,(H,13,14);4-10,12-13H,1-3H3;6,8,10H,3-5H2,1-2H3,(H,11,12);6-8H,5H2,1-4H3,(H,10,11);6-7,9-10H,5H2,1-4H3;5,7-10H,3H2,1-2,4H3;5,7-9H,3-4H2,1-2H3;6-8H,4-5H2,1-3H3;5-6,8H,4H2,1-3H3;5-7H,4H2,1-3H3. The van der Waals surface area contributed by atoms with Crippen LogP contribution in [-0.2, 0) is 48.0 Å². The van der Waals surface area contributed by atoms with Gasteiger partial charge in [0.2, 0.25) is 11.8 Å². The largest absolute Gasteiger partial charge is 0.513 e. The Bertz CT molecular complexity index is 3990. The molecule has 16 N–H and O–H groups in total. The summed E-state index contributed by atoms with van der Waals surface area (Å²) in [5, 5.41) is 131. The van der Waals surface area contributed by atoms with E-state index in [9.17, 15) is 33.9 Å². The van der Waals surface area contributed by atoms with Gasteiger partial charge in [-0.1, -0.05) is 382 Å². The fourth-order valence-corrected chi connectivity index (χ4v) is 16.2. The summed E-state index contributed by atoms with van der Waals surface area (Å²) in [5.41, 5.74) is 5.87. The Morgan fingerprint density at radius 2 is 0.608 bits per heavy atom. The predicted octanol–water partition coefficient (Wildman–Crippen LogP) is 29.8. The molecule has 4 aromatic carbocycles. The molecule has 22 nitrogen and oxygen atoms in total. The van der Waals surface area contributed by atoms with Crippen LogP contribution in [0.5, 0.6) is 0 Å². The molecule has 0 heterocycles. The Balaban J connectivity index is -0.000000293. The minimum absolute atomic E-state index is 0.0208. The van der Waals surface area contributed by atoms with Crippen molar-refractivity contribution in [1.82, 2.24) is 10.6 Å². The number of hydrogen-bond donors (Lipinski definition) is 16. The number of carbonyl (C=O) groups excluding carboxylic acids is 2. The molecule has 2 aliphatic rings. The second-order valence-electron chi connectivity index (χ2n) is 46.7. The van der Waals surface area contributed by atoms with Crippen LogP contribution < -0.4 is 10.6 Å². The average molecular weight is 2090 g/mol. The number of amides is 2. The third-order valence-corrected chi connectivity index (χ3v) is 25.8. The lowest BCUT2D eigenvalue weighted by Crippen LogP contribution is -2.36. The molecule has 0 aromatic heterocycles. The smallest absolute Gasteiger partial charge is 0.307 e. The van der Waals surface area contributed by atoms with Gasteiger partial charge < -0.3 is 82.1 Å². The van der Waals surface area contributed by atoms with Crippen molar-refractivity contribution in [2.24, 2.45) is 154 Å². The summed E-state index contributed by atoms with van der Waals surface area (Å²) in [4.78, 5) is 66.9. The van der Waals surface area contributed by atoms with Crippen molar-refractivity contribution in [1.29, 1.82) is 0 Å². The molecule has 2 aliphatic carbocycles. The topological polar surface area (TPSA) is 410 Å². The molecule has 0 bridgehead atoms. The maximum Gasteiger partial charge on any atom is 0.307 e. The molecule has 0 spiro atoms. The van der Waals surface area contributed by atoms with E-state index >= 15 is 0 Å². The van der Waals surface area contributed by atoms with Crippen LogP contribution in [0, 0.1) is 161 Å². The molecule has 148 heavy (non-hydrogen) atoms. The number of hydrogen-bond acceptors (Lipinski definition) is 16. The maximum absolute atomic E-state index is 12.1. The van der Waals surface area contributed by atoms with E-state index in [1.807, 2.05) is 209 Å². The number of carboxylic acid groups (broad SMARTS) is 4. The molecule has 4 aromatic rings. The summed E-state index contributed by atoms with van der Waals surface area (Å²) in [6, 6.07) is 39.3. The molecule has 22 heteroatoms. The normalized spacial score (nSPS) is 14.7. The molecule has 2 saturated carbocycles. The molecule has 14 unspecified atom stereocenters. The van der Waals surface area contributed by atoms with E-state index in [1.54, 1.807) is 6.92 Å². The zero-order valence-corrected chi connectivity index (χ0v) is 99.9. The number of aliphatic carboxylic acids is 4. The number of aryl methyl sites for hydroxylation is 1. The van der Waals surface area contributed by atoms with Gasteiger partial charge in [0, 0.05) is 65.8 Å². The fraction of sp³-hybridized carbons (Fsp3) is 0.683. The maximum atomic E-state index is 12.1. The highest BCUT2D eigenvalue weighted by Crippen LogP contribution is 2.32. The lowest BCUT2D eigenvalue weighted by molar-refractivity contribution is -0.144. The van der Waals surface area contributed by atoms with Gasteiger partial charge in [-0.15, -0.1) is 0 Å². The van der Waals surface area contributed by atoms with Gasteiger partial charge in [0.1, 0.15) is 0 Å². The van der Waals surface area contributed by atoms with Crippen molar-refractivity contribution in [3.63, 3.8) is 0 Å². The Morgan fingerprint density at radius 1 is 0.297 bits per heavy atom. The average Bonchev–Trinajstić information content (AvgIpc) is 1.46. The third-order valence-electron chi connectivity index (χ3n) is 25.8. The summed E-state index contributed by atoms with van der Waals surface area (Å²) in [5.74, 6) is 4.82. The van der Waals surface area contributed by atoms with E-state index in [2.05, 4.69) is 206 Å². The Labute approximate surface area is 902 Å². The van der Waals surface area contributed by atoms with Crippen LogP contribution in [0.1, 0.15) is 361 Å². The Morgan fingerprint density at radius 3 is 0.791 bits per heavy atom. The number of rotatable bonds is 46. The zero-order chi connectivity index (χ0) is 117. The first-order valence-electron chi connectivity index (χ1n) is 55.0. The predicted molar refractivity (Wildman–Crippen MR) is 620 cm³/mol. The van der Waals surface area contributed by atoms with Gasteiger partial charge in [-0.05, 0) is 235 Å². The third kappa shape index (κ3) is 82.9. The van der Waals surface area contributed by atoms with Crippen molar-refractivity contribution < 1.29 is 100 Å². The first-order valence-corrected chi connectivity index (χ1v) is 55.0. The lowest BCUT2D eigenvalue weighted by Gasteiger charge is -2.24. The quantitative estimate of drug-likeness (QED) is 0.0183. The van der Waals surface area contributed by atoms with E-state index < -0.39 is 30.0 Å². The number of benzene rings is 4. The van der Waals surface area contributed by atoms with Gasteiger partial charge in [0.25, 0.3) is 0 Å². The van der Waals surface area contributed by atoms with Crippen LogP contribution >= 0.6 is 0 Å². The number of aliphatic hydroxyl groups excluding tert-OH is 10. The summed E-state index contributed by atoms with van der Waals surface area (Å²) in [7, 11) is 0. The molecule has 2 amide bonds.